The second-order valence-corrected chi connectivity index (χ2v) is 14.5. The third kappa shape index (κ3) is 9.94. The highest BCUT2D eigenvalue weighted by Crippen LogP contribution is 2.48. The molecular weight excluding hydrogens is 781 g/mol. The lowest BCUT2D eigenvalue weighted by Crippen LogP contribution is -2.33. The van der Waals surface area contributed by atoms with E-state index in [4.69, 9.17) is 4.74 Å². The van der Waals surface area contributed by atoms with Gasteiger partial charge >= 0.3 is 5.97 Å². The molecule has 0 spiro atoms. The fourth-order valence-corrected chi connectivity index (χ4v) is 6.39. The highest BCUT2D eigenvalue weighted by Gasteiger charge is 2.44. The Bertz CT molecular complexity index is 2480. The van der Waals surface area contributed by atoms with Crippen LogP contribution in [0.2, 0.25) is 0 Å². The highest BCUT2D eigenvalue weighted by atomic mass is 16.5. The van der Waals surface area contributed by atoms with Crippen molar-refractivity contribution < 1.29 is 38.3 Å². The molecule has 22 heteroatoms. The predicted molar refractivity (Wildman–Crippen MR) is 215 cm³/mol. The van der Waals surface area contributed by atoms with Crippen LogP contribution in [-0.4, -0.2) is 98.9 Å². The summed E-state index contributed by atoms with van der Waals surface area (Å²) in [6.45, 7) is 2.13. The van der Waals surface area contributed by atoms with E-state index < -0.39 is 40.9 Å². The van der Waals surface area contributed by atoms with Crippen LogP contribution in [0.3, 0.4) is 0 Å². The number of hydrogen-bond donors (Lipinski definition) is 6. The number of nitrogens with zero attached hydrogens (tertiary/aromatic N) is 8. The number of imidazole rings is 3. The van der Waals surface area contributed by atoms with E-state index in [0.29, 0.717) is 11.4 Å². The zero-order valence-electron chi connectivity index (χ0n) is 33.9. The van der Waals surface area contributed by atoms with E-state index in [2.05, 4.69) is 46.9 Å². The van der Waals surface area contributed by atoms with Gasteiger partial charge in [-0.15, -0.1) is 0 Å². The first kappa shape index (κ1) is 42.1. The van der Waals surface area contributed by atoms with Gasteiger partial charge in [-0.2, -0.15) is 0 Å². The van der Waals surface area contributed by atoms with Crippen molar-refractivity contribution in [1.82, 2.24) is 48.4 Å². The molecule has 0 saturated heterocycles. The summed E-state index contributed by atoms with van der Waals surface area (Å²) in [6, 6.07) is 3.02. The number of carbonyl (C=O) groups is 7. The van der Waals surface area contributed by atoms with Crippen molar-refractivity contribution in [2.45, 2.75) is 32.6 Å². The van der Waals surface area contributed by atoms with E-state index in [-0.39, 0.29) is 78.9 Å². The van der Waals surface area contributed by atoms with Crippen molar-refractivity contribution in [2.75, 3.05) is 41.0 Å². The lowest BCUT2D eigenvalue weighted by Gasteiger charge is -2.15. The molecule has 1 fully saturated rings. The molecule has 1 saturated carbocycles. The molecule has 60 heavy (non-hydrogen) atoms. The Hall–Kier alpha value is -7.52. The minimum absolute atomic E-state index is 0.00228. The van der Waals surface area contributed by atoms with E-state index in [1.807, 2.05) is 0 Å². The minimum Gasteiger partial charge on any atom is -0.460 e. The number of ether oxygens (including phenoxy) is 1. The lowest BCUT2D eigenvalue weighted by atomic mass is 10.0. The van der Waals surface area contributed by atoms with Gasteiger partial charge in [0.15, 0.2) is 17.5 Å². The number of anilines is 4. The van der Waals surface area contributed by atoms with Crippen molar-refractivity contribution in [3.05, 3.63) is 78.2 Å². The van der Waals surface area contributed by atoms with Gasteiger partial charge in [0.25, 0.3) is 23.6 Å². The van der Waals surface area contributed by atoms with Gasteiger partial charge in [0, 0.05) is 98.4 Å². The molecule has 1 aliphatic carbocycles. The molecule has 0 atom stereocenters. The average Bonchev–Trinajstić information content (AvgIpc) is 3.66. The lowest BCUT2D eigenvalue weighted by molar-refractivity contribution is -0.117. The summed E-state index contributed by atoms with van der Waals surface area (Å²) >= 11 is 0. The summed E-state index contributed by atoms with van der Waals surface area (Å²) in [5, 5.41) is 16.3. The Morgan fingerprint density at radius 1 is 0.650 bits per heavy atom. The topological polar surface area (TPSA) is 264 Å². The number of nitrogens with one attached hydrogen (secondary N) is 6. The Morgan fingerprint density at radius 3 is 1.77 bits per heavy atom. The molecule has 0 radical (unpaired) electrons. The summed E-state index contributed by atoms with van der Waals surface area (Å²) in [7, 11) is 8.20. The first-order valence-corrected chi connectivity index (χ1v) is 18.9. The SMILES string of the molecule is CCOC(=O)c1nc(NC(=O)CC2(CNC(=O)c3cc(NC(=O)c4nc(NC(=O)CCNC(=O)c5cc(NC(=O)c6nccn6C)cn5C)cn4C)cn3C)CC2)cn1C. The molecule has 0 aliphatic heterocycles. The maximum absolute atomic E-state index is 13.2. The highest BCUT2D eigenvalue weighted by molar-refractivity contribution is 6.04. The Balaban J connectivity index is 0.942. The third-order valence-electron chi connectivity index (χ3n) is 9.72. The van der Waals surface area contributed by atoms with Gasteiger partial charge in [-0.3, -0.25) is 28.8 Å². The number of aryl methyl sites for hydroxylation is 5. The fraction of sp³-hybridized carbons (Fsp3) is 0.368. The zero-order valence-corrected chi connectivity index (χ0v) is 33.9. The quantitative estimate of drug-likeness (QED) is 0.0733. The van der Waals surface area contributed by atoms with E-state index >= 15 is 0 Å². The van der Waals surface area contributed by atoms with Gasteiger partial charge in [0.05, 0.1) is 18.0 Å². The van der Waals surface area contributed by atoms with Crippen LogP contribution in [0, 0.1) is 5.41 Å². The second kappa shape index (κ2) is 17.5. The Morgan fingerprint density at radius 2 is 1.20 bits per heavy atom. The van der Waals surface area contributed by atoms with Crippen LogP contribution in [0.25, 0.3) is 0 Å². The van der Waals surface area contributed by atoms with Crippen LogP contribution in [0.1, 0.15) is 85.4 Å². The van der Waals surface area contributed by atoms with Gasteiger partial charge in [0.1, 0.15) is 11.4 Å². The minimum atomic E-state index is -0.595. The molecule has 5 aromatic heterocycles. The molecule has 0 unspecified atom stereocenters. The van der Waals surface area contributed by atoms with Crippen LogP contribution in [0.4, 0.5) is 23.0 Å². The number of rotatable bonds is 17. The maximum Gasteiger partial charge on any atom is 0.374 e. The average molecular weight is 827 g/mol. The van der Waals surface area contributed by atoms with E-state index in [9.17, 15) is 33.6 Å². The number of amides is 6. The largest absolute Gasteiger partial charge is 0.460 e. The Labute approximate surface area is 343 Å². The molecule has 22 nitrogen and oxygen atoms in total. The van der Waals surface area contributed by atoms with E-state index in [1.165, 1.54) is 39.9 Å². The molecule has 316 valence electrons. The summed E-state index contributed by atoms with van der Waals surface area (Å²) in [5.41, 5.74) is 0.838. The van der Waals surface area contributed by atoms with Crippen molar-refractivity contribution >= 4 is 64.4 Å². The molecule has 0 aromatic carbocycles. The van der Waals surface area contributed by atoms with E-state index in [1.54, 1.807) is 74.5 Å². The number of aromatic nitrogens is 8. The fourth-order valence-electron chi connectivity index (χ4n) is 6.39. The second-order valence-electron chi connectivity index (χ2n) is 14.5. The van der Waals surface area contributed by atoms with Crippen molar-refractivity contribution in [3.63, 3.8) is 0 Å². The van der Waals surface area contributed by atoms with Gasteiger partial charge < -0.3 is 59.5 Å². The van der Waals surface area contributed by atoms with Gasteiger partial charge in [-0.05, 0) is 37.3 Å². The van der Waals surface area contributed by atoms with Crippen LogP contribution >= 0.6 is 0 Å². The first-order valence-electron chi connectivity index (χ1n) is 18.9. The summed E-state index contributed by atoms with van der Waals surface area (Å²) in [6.07, 6.45) is 10.8. The maximum atomic E-state index is 13.2. The molecule has 5 heterocycles. The third-order valence-corrected chi connectivity index (χ3v) is 9.72. The van der Waals surface area contributed by atoms with Crippen LogP contribution in [0.15, 0.2) is 49.3 Å². The van der Waals surface area contributed by atoms with Gasteiger partial charge in [0.2, 0.25) is 23.5 Å². The normalized spacial score (nSPS) is 12.6. The van der Waals surface area contributed by atoms with Gasteiger partial charge in [-0.1, -0.05) is 0 Å². The monoisotopic (exact) mass is 826 g/mol. The van der Waals surface area contributed by atoms with Crippen molar-refractivity contribution in [1.29, 1.82) is 0 Å². The molecule has 5 aromatic rings. The summed E-state index contributed by atoms with van der Waals surface area (Å²) < 4.78 is 12.6. The molecule has 1 aliphatic rings. The molecular formula is C38H46N14O8. The van der Waals surface area contributed by atoms with Crippen LogP contribution in [-0.2, 0) is 49.6 Å². The number of esters is 1. The number of hydrogen-bond acceptors (Lipinski definition) is 11. The molecule has 6 N–H and O–H groups in total. The van der Waals surface area contributed by atoms with Crippen molar-refractivity contribution in [3.8, 4) is 0 Å². The van der Waals surface area contributed by atoms with Crippen molar-refractivity contribution in [2.24, 2.45) is 40.7 Å². The predicted octanol–water partition coefficient (Wildman–Crippen LogP) is 1.54. The summed E-state index contributed by atoms with van der Waals surface area (Å²) in [4.78, 5) is 102. The van der Waals surface area contributed by atoms with E-state index in [0.717, 1.165) is 12.8 Å². The van der Waals surface area contributed by atoms with Gasteiger partial charge in [-0.25, -0.2) is 19.7 Å². The molecule has 0 bridgehead atoms. The zero-order chi connectivity index (χ0) is 43.3. The first-order chi connectivity index (χ1) is 28.5. The standard InChI is InChI=1S/C38H46N14O8/c1-7-60-37(59)32-47-27(20-52(32)6)45-29(54)16-38(9-10-38)21-41-34(56)25-15-23(18-50(25)4)43-36(58)31-46-26(19-51(31)5)44-28(53)8-11-40-33(55)24-14-22(17-49(24)3)42-35(57)30-39-12-13-48(30)2/h12-15,17-20H,7-11,16,21H2,1-6H3,(H,40,55)(H,41,56)(H,42,57)(H,43,58)(H,44,53)(H,45,54). The summed E-state index contributed by atoms with van der Waals surface area (Å²) in [5.74, 6) is -2.63. The molecule has 6 rings (SSSR count). The smallest absolute Gasteiger partial charge is 0.374 e. The van der Waals surface area contributed by atoms with Crippen LogP contribution < -0.4 is 31.9 Å². The van der Waals surface area contributed by atoms with Crippen LogP contribution in [0.5, 0.6) is 0 Å². The molecule has 6 amide bonds. The number of carbonyl (C=O) groups excluding carboxylic acids is 7. The Kier molecular flexibility index (Phi) is 12.3.